The Hall–Kier alpha value is -0.610. The summed E-state index contributed by atoms with van der Waals surface area (Å²) in [5.41, 5.74) is -0.807. The van der Waals surface area contributed by atoms with Gasteiger partial charge in [0.15, 0.2) is 0 Å². The van der Waals surface area contributed by atoms with Crippen LogP contribution in [0.3, 0.4) is 0 Å². The predicted octanol–water partition coefficient (Wildman–Crippen LogP) is 2.73. The highest BCUT2D eigenvalue weighted by molar-refractivity contribution is 5.78. The van der Waals surface area contributed by atoms with E-state index >= 15 is 0 Å². The average Bonchev–Trinajstić information content (AvgIpc) is 2.85. The van der Waals surface area contributed by atoms with Crippen LogP contribution in [-0.2, 0) is 4.79 Å². The van der Waals surface area contributed by atoms with Crippen LogP contribution in [0, 0.1) is 5.92 Å². The molecule has 2 N–H and O–H groups in total. The van der Waals surface area contributed by atoms with E-state index in [4.69, 9.17) is 0 Å². The fourth-order valence-corrected chi connectivity index (χ4v) is 3.26. The van der Waals surface area contributed by atoms with Gasteiger partial charge in [0, 0.05) is 12.6 Å². The van der Waals surface area contributed by atoms with E-state index in [0.717, 1.165) is 32.0 Å². The Morgan fingerprint density at radius 3 is 2.70 bits per heavy atom. The van der Waals surface area contributed by atoms with Crippen LogP contribution >= 0.6 is 0 Å². The van der Waals surface area contributed by atoms with Crippen LogP contribution in [0.4, 0.5) is 0 Å². The zero-order valence-electron chi connectivity index (χ0n) is 13.6. The summed E-state index contributed by atoms with van der Waals surface area (Å²) in [6.07, 6.45) is 5.44. The Bertz CT molecular complexity index is 309. The maximum atomic E-state index is 11.6. The van der Waals surface area contributed by atoms with E-state index in [1.165, 1.54) is 19.3 Å². The molecule has 0 aromatic carbocycles. The lowest BCUT2D eigenvalue weighted by Crippen LogP contribution is -2.53. The van der Waals surface area contributed by atoms with Gasteiger partial charge in [0.1, 0.15) is 5.54 Å². The Labute approximate surface area is 123 Å². The fraction of sp³-hybridized carbons (Fsp3) is 0.938. The van der Waals surface area contributed by atoms with Crippen molar-refractivity contribution in [3.8, 4) is 0 Å². The molecule has 0 aromatic rings. The number of hydrogen-bond donors (Lipinski definition) is 2. The molecular weight excluding hydrogens is 252 g/mol. The third kappa shape index (κ3) is 4.74. The molecule has 1 saturated heterocycles. The Morgan fingerprint density at radius 1 is 1.45 bits per heavy atom. The highest BCUT2D eigenvalue weighted by atomic mass is 16.4. The maximum absolute atomic E-state index is 11.6. The zero-order chi connectivity index (χ0) is 15.2. The summed E-state index contributed by atoms with van der Waals surface area (Å²) in [4.78, 5) is 14.0. The first-order valence-corrected chi connectivity index (χ1v) is 8.15. The second-order valence-electron chi connectivity index (χ2n) is 6.56. The minimum atomic E-state index is -0.807. The summed E-state index contributed by atoms with van der Waals surface area (Å²) in [7, 11) is 0. The number of likely N-dealkylation sites (tertiary alicyclic amines) is 1. The van der Waals surface area contributed by atoms with Crippen molar-refractivity contribution in [1.29, 1.82) is 0 Å². The summed E-state index contributed by atoms with van der Waals surface area (Å²) < 4.78 is 0. The van der Waals surface area contributed by atoms with E-state index in [1.807, 2.05) is 6.92 Å². The monoisotopic (exact) mass is 284 g/mol. The van der Waals surface area contributed by atoms with Gasteiger partial charge in [-0.25, -0.2) is 0 Å². The Balaban J connectivity index is 2.54. The molecule has 0 radical (unpaired) electrons. The first-order chi connectivity index (χ1) is 9.42. The maximum Gasteiger partial charge on any atom is 0.323 e. The second kappa shape index (κ2) is 7.99. The number of carboxylic acid groups (broad SMARTS) is 1. The summed E-state index contributed by atoms with van der Waals surface area (Å²) in [5.74, 6) is 0.0734. The largest absolute Gasteiger partial charge is 0.480 e. The smallest absolute Gasteiger partial charge is 0.323 e. The molecule has 0 aromatic heterocycles. The van der Waals surface area contributed by atoms with Gasteiger partial charge in [-0.05, 0) is 58.5 Å². The Kier molecular flexibility index (Phi) is 6.96. The number of nitrogens with zero attached hydrogens (tertiary/aromatic N) is 1. The van der Waals surface area contributed by atoms with E-state index < -0.39 is 11.5 Å². The molecule has 118 valence electrons. The van der Waals surface area contributed by atoms with Crippen LogP contribution in [0.15, 0.2) is 0 Å². The van der Waals surface area contributed by atoms with Gasteiger partial charge in [0.2, 0.25) is 0 Å². The SMILES string of the molecule is CCCNC(C)(CC(C)N1CCC(CCC)C1)C(=O)O. The highest BCUT2D eigenvalue weighted by Gasteiger charge is 2.36. The van der Waals surface area contributed by atoms with Gasteiger partial charge >= 0.3 is 5.97 Å². The van der Waals surface area contributed by atoms with Crippen molar-refractivity contribution in [3.05, 3.63) is 0 Å². The molecule has 20 heavy (non-hydrogen) atoms. The van der Waals surface area contributed by atoms with Crippen LogP contribution in [0.1, 0.15) is 59.8 Å². The number of hydrogen-bond acceptors (Lipinski definition) is 3. The van der Waals surface area contributed by atoms with Gasteiger partial charge in [-0.2, -0.15) is 0 Å². The van der Waals surface area contributed by atoms with Crippen molar-refractivity contribution in [2.45, 2.75) is 71.4 Å². The fourth-order valence-electron chi connectivity index (χ4n) is 3.26. The molecule has 1 aliphatic heterocycles. The van der Waals surface area contributed by atoms with Crippen molar-refractivity contribution < 1.29 is 9.90 Å². The van der Waals surface area contributed by atoms with Gasteiger partial charge in [-0.15, -0.1) is 0 Å². The minimum Gasteiger partial charge on any atom is -0.480 e. The average molecular weight is 284 g/mol. The molecule has 1 heterocycles. The van der Waals surface area contributed by atoms with E-state index in [1.54, 1.807) is 0 Å². The van der Waals surface area contributed by atoms with Crippen LogP contribution in [0.5, 0.6) is 0 Å². The van der Waals surface area contributed by atoms with E-state index in [9.17, 15) is 9.90 Å². The standard InChI is InChI=1S/C16H32N2O2/c1-5-7-14-8-10-18(12-14)13(3)11-16(4,15(19)20)17-9-6-2/h13-14,17H,5-12H2,1-4H3,(H,19,20). The van der Waals surface area contributed by atoms with Crippen molar-refractivity contribution in [3.63, 3.8) is 0 Å². The summed E-state index contributed by atoms with van der Waals surface area (Å²) in [6, 6.07) is 0.322. The molecule has 1 rings (SSSR count). The van der Waals surface area contributed by atoms with Crippen LogP contribution in [0.25, 0.3) is 0 Å². The minimum absolute atomic E-state index is 0.322. The van der Waals surface area contributed by atoms with Gasteiger partial charge in [-0.1, -0.05) is 20.3 Å². The molecular formula is C16H32N2O2. The number of carbonyl (C=O) groups is 1. The lowest BCUT2D eigenvalue weighted by Gasteiger charge is -2.33. The molecule has 3 atom stereocenters. The summed E-state index contributed by atoms with van der Waals surface area (Å²) in [5, 5.41) is 12.7. The second-order valence-corrected chi connectivity index (χ2v) is 6.56. The van der Waals surface area contributed by atoms with E-state index in [0.29, 0.717) is 12.5 Å². The third-order valence-electron chi connectivity index (χ3n) is 4.58. The first kappa shape index (κ1) is 17.4. The molecule has 0 aliphatic carbocycles. The van der Waals surface area contributed by atoms with Gasteiger partial charge in [-0.3, -0.25) is 4.79 Å². The lowest BCUT2D eigenvalue weighted by molar-refractivity contribution is -0.145. The Morgan fingerprint density at radius 2 is 2.15 bits per heavy atom. The molecule has 3 unspecified atom stereocenters. The van der Waals surface area contributed by atoms with Crippen molar-refractivity contribution in [2.24, 2.45) is 5.92 Å². The van der Waals surface area contributed by atoms with Gasteiger partial charge in [0.25, 0.3) is 0 Å². The summed E-state index contributed by atoms with van der Waals surface area (Å²) in [6.45, 7) is 11.3. The quantitative estimate of drug-likeness (QED) is 0.683. The third-order valence-corrected chi connectivity index (χ3v) is 4.58. The van der Waals surface area contributed by atoms with Crippen LogP contribution in [0.2, 0.25) is 0 Å². The molecule has 1 fully saturated rings. The number of aliphatic carboxylic acids is 1. The predicted molar refractivity (Wildman–Crippen MR) is 83.0 cm³/mol. The highest BCUT2D eigenvalue weighted by Crippen LogP contribution is 2.26. The normalized spacial score (nSPS) is 24.5. The first-order valence-electron chi connectivity index (χ1n) is 8.15. The molecule has 0 amide bonds. The topological polar surface area (TPSA) is 52.6 Å². The molecule has 0 spiro atoms. The van der Waals surface area contributed by atoms with Crippen molar-refractivity contribution in [1.82, 2.24) is 10.2 Å². The van der Waals surface area contributed by atoms with Crippen LogP contribution < -0.4 is 5.32 Å². The summed E-state index contributed by atoms with van der Waals surface area (Å²) >= 11 is 0. The molecule has 4 heteroatoms. The van der Waals surface area contributed by atoms with Gasteiger partial charge < -0.3 is 15.3 Å². The van der Waals surface area contributed by atoms with Crippen LogP contribution in [-0.4, -0.2) is 47.2 Å². The molecule has 1 aliphatic rings. The number of carboxylic acids is 1. The van der Waals surface area contributed by atoms with Crippen molar-refractivity contribution >= 4 is 5.97 Å². The zero-order valence-corrected chi connectivity index (χ0v) is 13.6. The van der Waals surface area contributed by atoms with E-state index in [-0.39, 0.29) is 0 Å². The lowest BCUT2D eigenvalue weighted by atomic mass is 9.92. The number of rotatable bonds is 9. The molecule has 0 saturated carbocycles. The van der Waals surface area contributed by atoms with Gasteiger partial charge in [0.05, 0.1) is 0 Å². The molecule has 0 bridgehead atoms. The molecule has 4 nitrogen and oxygen atoms in total. The number of nitrogens with one attached hydrogen (secondary N) is 1. The van der Waals surface area contributed by atoms with E-state index in [2.05, 4.69) is 31.0 Å². The van der Waals surface area contributed by atoms with Crippen molar-refractivity contribution in [2.75, 3.05) is 19.6 Å².